The van der Waals surface area contributed by atoms with Crippen LogP contribution >= 0.6 is 11.3 Å². The molecule has 1 N–H and O–H groups in total. The molecule has 0 saturated carbocycles. The number of halogens is 2. The SMILES string of the molecule is O=C(NCc1ccccc1F)c1csc(-c2ccc(F)cc2)n1. The van der Waals surface area contributed by atoms with Gasteiger partial charge in [0.2, 0.25) is 0 Å². The Balaban J connectivity index is 1.69. The van der Waals surface area contributed by atoms with Crippen LogP contribution in [0.4, 0.5) is 8.78 Å². The number of nitrogens with zero attached hydrogens (tertiary/aromatic N) is 1. The van der Waals surface area contributed by atoms with Crippen LogP contribution in [0.2, 0.25) is 0 Å². The summed E-state index contributed by atoms with van der Waals surface area (Å²) in [5.74, 6) is -1.07. The van der Waals surface area contributed by atoms with Crippen LogP contribution < -0.4 is 5.32 Å². The van der Waals surface area contributed by atoms with Gasteiger partial charge in [-0.05, 0) is 30.3 Å². The van der Waals surface area contributed by atoms with E-state index in [1.165, 1.54) is 29.5 Å². The number of hydrogen-bond donors (Lipinski definition) is 1. The van der Waals surface area contributed by atoms with Gasteiger partial charge in [0.05, 0.1) is 0 Å². The van der Waals surface area contributed by atoms with Crippen molar-refractivity contribution in [3.05, 3.63) is 76.8 Å². The van der Waals surface area contributed by atoms with Crippen molar-refractivity contribution in [3.8, 4) is 10.6 Å². The number of carbonyl (C=O) groups excluding carboxylic acids is 1. The number of nitrogens with one attached hydrogen (secondary N) is 1. The summed E-state index contributed by atoms with van der Waals surface area (Å²) in [6.45, 7) is 0.0922. The Morgan fingerprint density at radius 1 is 1.09 bits per heavy atom. The minimum absolute atomic E-state index is 0.0922. The fraction of sp³-hybridized carbons (Fsp3) is 0.0588. The average molecular weight is 330 g/mol. The molecule has 6 heteroatoms. The molecule has 1 aromatic heterocycles. The number of aromatic nitrogens is 1. The highest BCUT2D eigenvalue weighted by Gasteiger charge is 2.12. The molecule has 0 spiro atoms. The van der Waals surface area contributed by atoms with Crippen LogP contribution in [0.5, 0.6) is 0 Å². The van der Waals surface area contributed by atoms with Gasteiger partial charge in [0, 0.05) is 23.1 Å². The van der Waals surface area contributed by atoms with Gasteiger partial charge in [-0.1, -0.05) is 18.2 Å². The van der Waals surface area contributed by atoms with Crippen LogP contribution in [0.25, 0.3) is 10.6 Å². The van der Waals surface area contributed by atoms with E-state index in [-0.39, 0.29) is 29.8 Å². The summed E-state index contributed by atoms with van der Waals surface area (Å²) >= 11 is 1.29. The first kappa shape index (κ1) is 15.3. The maximum absolute atomic E-state index is 13.5. The largest absolute Gasteiger partial charge is 0.346 e. The zero-order valence-corrected chi connectivity index (χ0v) is 12.7. The predicted molar refractivity (Wildman–Crippen MR) is 85.1 cm³/mol. The first-order valence-electron chi connectivity index (χ1n) is 6.86. The molecule has 116 valence electrons. The number of benzene rings is 2. The minimum Gasteiger partial charge on any atom is -0.346 e. The third-order valence-electron chi connectivity index (χ3n) is 3.23. The van der Waals surface area contributed by atoms with Crippen molar-refractivity contribution in [3.63, 3.8) is 0 Å². The van der Waals surface area contributed by atoms with Crippen molar-refractivity contribution in [2.45, 2.75) is 6.54 Å². The zero-order chi connectivity index (χ0) is 16.2. The quantitative estimate of drug-likeness (QED) is 0.785. The molecule has 23 heavy (non-hydrogen) atoms. The van der Waals surface area contributed by atoms with Gasteiger partial charge in [0.15, 0.2) is 0 Å². The van der Waals surface area contributed by atoms with Gasteiger partial charge in [-0.15, -0.1) is 11.3 Å². The van der Waals surface area contributed by atoms with Crippen molar-refractivity contribution in [1.29, 1.82) is 0 Å². The molecule has 3 nitrogen and oxygen atoms in total. The second-order valence-electron chi connectivity index (χ2n) is 4.82. The first-order chi connectivity index (χ1) is 11.1. The Labute approximate surface area is 135 Å². The van der Waals surface area contributed by atoms with Crippen LogP contribution in [-0.2, 0) is 6.54 Å². The Morgan fingerprint density at radius 3 is 2.57 bits per heavy atom. The molecule has 3 aromatic rings. The normalized spacial score (nSPS) is 10.5. The minimum atomic E-state index is -0.377. The fourth-order valence-electron chi connectivity index (χ4n) is 2.01. The van der Waals surface area contributed by atoms with Crippen molar-refractivity contribution in [1.82, 2.24) is 10.3 Å². The van der Waals surface area contributed by atoms with Crippen LogP contribution in [0, 0.1) is 11.6 Å². The van der Waals surface area contributed by atoms with E-state index in [9.17, 15) is 13.6 Å². The lowest BCUT2D eigenvalue weighted by Crippen LogP contribution is -2.23. The number of rotatable bonds is 4. The van der Waals surface area contributed by atoms with Gasteiger partial charge in [-0.2, -0.15) is 0 Å². The number of amides is 1. The van der Waals surface area contributed by atoms with Gasteiger partial charge in [0.1, 0.15) is 22.3 Å². The topological polar surface area (TPSA) is 42.0 Å². The summed E-state index contributed by atoms with van der Waals surface area (Å²) in [5, 5.41) is 4.88. The molecule has 0 radical (unpaired) electrons. The molecule has 0 fully saturated rings. The Kier molecular flexibility index (Phi) is 4.43. The highest BCUT2D eigenvalue weighted by Crippen LogP contribution is 2.23. The van der Waals surface area contributed by atoms with E-state index in [4.69, 9.17) is 0 Å². The smallest absolute Gasteiger partial charge is 0.271 e. The predicted octanol–water partition coefficient (Wildman–Crippen LogP) is 4.02. The van der Waals surface area contributed by atoms with Crippen LogP contribution in [-0.4, -0.2) is 10.9 Å². The second kappa shape index (κ2) is 6.66. The van der Waals surface area contributed by atoms with E-state index in [1.807, 2.05) is 0 Å². The lowest BCUT2D eigenvalue weighted by atomic mass is 10.2. The molecule has 1 heterocycles. The van der Waals surface area contributed by atoms with Crippen molar-refractivity contribution >= 4 is 17.2 Å². The first-order valence-corrected chi connectivity index (χ1v) is 7.74. The molecule has 0 aliphatic rings. The van der Waals surface area contributed by atoms with Gasteiger partial charge < -0.3 is 5.32 Å². The van der Waals surface area contributed by atoms with E-state index in [0.29, 0.717) is 10.6 Å². The molecule has 3 rings (SSSR count). The lowest BCUT2D eigenvalue weighted by Gasteiger charge is -2.04. The molecule has 0 bridgehead atoms. The summed E-state index contributed by atoms with van der Waals surface area (Å²) < 4.78 is 26.4. The number of hydrogen-bond acceptors (Lipinski definition) is 3. The van der Waals surface area contributed by atoms with Crippen molar-refractivity contribution < 1.29 is 13.6 Å². The highest BCUT2D eigenvalue weighted by atomic mass is 32.1. The zero-order valence-electron chi connectivity index (χ0n) is 11.9. The Morgan fingerprint density at radius 2 is 1.83 bits per heavy atom. The van der Waals surface area contributed by atoms with Gasteiger partial charge in [0.25, 0.3) is 5.91 Å². The maximum atomic E-state index is 13.5. The van der Waals surface area contributed by atoms with Crippen LogP contribution in [0.1, 0.15) is 16.1 Å². The van der Waals surface area contributed by atoms with Crippen LogP contribution in [0.3, 0.4) is 0 Å². The molecular formula is C17H12F2N2OS. The van der Waals surface area contributed by atoms with E-state index in [2.05, 4.69) is 10.3 Å². The maximum Gasteiger partial charge on any atom is 0.271 e. The number of carbonyl (C=O) groups is 1. The summed E-state index contributed by atoms with van der Waals surface area (Å²) in [6, 6.07) is 12.2. The van der Waals surface area contributed by atoms with Gasteiger partial charge in [-0.25, -0.2) is 13.8 Å². The monoisotopic (exact) mass is 330 g/mol. The molecule has 2 aromatic carbocycles. The Hall–Kier alpha value is -2.60. The summed E-state index contributed by atoms with van der Waals surface area (Å²) in [6.07, 6.45) is 0. The third-order valence-corrected chi connectivity index (χ3v) is 4.12. The summed E-state index contributed by atoms with van der Waals surface area (Å²) in [7, 11) is 0. The highest BCUT2D eigenvalue weighted by molar-refractivity contribution is 7.13. The van der Waals surface area contributed by atoms with E-state index in [1.54, 1.807) is 35.7 Å². The summed E-state index contributed by atoms with van der Waals surface area (Å²) in [5.41, 5.74) is 1.41. The summed E-state index contributed by atoms with van der Waals surface area (Å²) in [4.78, 5) is 16.3. The standard InChI is InChI=1S/C17H12F2N2OS/c18-13-7-5-11(6-8-13)17-21-15(10-23-17)16(22)20-9-12-3-1-2-4-14(12)19/h1-8,10H,9H2,(H,20,22). The average Bonchev–Trinajstić information content (AvgIpc) is 3.04. The van der Waals surface area contributed by atoms with Crippen molar-refractivity contribution in [2.24, 2.45) is 0 Å². The third kappa shape index (κ3) is 3.60. The molecule has 1 amide bonds. The van der Waals surface area contributed by atoms with Crippen LogP contribution in [0.15, 0.2) is 53.9 Å². The van der Waals surface area contributed by atoms with E-state index in [0.717, 1.165) is 5.56 Å². The molecule has 0 unspecified atom stereocenters. The molecule has 0 atom stereocenters. The van der Waals surface area contributed by atoms with Crippen molar-refractivity contribution in [2.75, 3.05) is 0 Å². The Bertz CT molecular complexity index is 831. The van der Waals surface area contributed by atoms with Gasteiger partial charge >= 0.3 is 0 Å². The fourth-order valence-corrected chi connectivity index (χ4v) is 2.82. The lowest BCUT2D eigenvalue weighted by molar-refractivity contribution is 0.0946. The van der Waals surface area contributed by atoms with E-state index >= 15 is 0 Å². The molecular weight excluding hydrogens is 318 g/mol. The molecule has 0 aliphatic heterocycles. The second-order valence-corrected chi connectivity index (χ2v) is 5.68. The molecule has 0 saturated heterocycles. The number of thiazole rings is 1. The van der Waals surface area contributed by atoms with Gasteiger partial charge in [-0.3, -0.25) is 4.79 Å². The molecule has 0 aliphatic carbocycles. The van der Waals surface area contributed by atoms with E-state index < -0.39 is 0 Å².